The van der Waals surface area contributed by atoms with Crippen molar-refractivity contribution < 1.29 is 9.18 Å². The lowest BCUT2D eigenvalue weighted by atomic mass is 10.0. The zero-order valence-corrected chi connectivity index (χ0v) is 11.7. The molecule has 1 aliphatic heterocycles. The fourth-order valence-corrected chi connectivity index (χ4v) is 2.41. The molecule has 1 aromatic carbocycles. The van der Waals surface area contributed by atoms with Crippen molar-refractivity contribution in [3.8, 4) is 0 Å². The molecule has 1 heterocycles. The van der Waals surface area contributed by atoms with E-state index in [-0.39, 0.29) is 30.2 Å². The van der Waals surface area contributed by atoms with E-state index in [9.17, 15) is 9.18 Å². The molecule has 6 heteroatoms. The lowest BCUT2D eigenvalue weighted by molar-refractivity contribution is -0.134. The van der Waals surface area contributed by atoms with E-state index in [1.165, 1.54) is 11.0 Å². The van der Waals surface area contributed by atoms with Crippen molar-refractivity contribution in [3.05, 3.63) is 34.6 Å². The SMILES string of the molecule is CC1NNCC1C(=O)N(C)Cc1c(F)cccc1Cl. The molecule has 2 N–H and O–H groups in total. The second-order valence-electron chi connectivity index (χ2n) is 4.81. The smallest absolute Gasteiger partial charge is 0.228 e. The second kappa shape index (κ2) is 5.86. The van der Waals surface area contributed by atoms with Gasteiger partial charge in [-0.25, -0.2) is 4.39 Å². The molecule has 104 valence electrons. The molecule has 2 unspecified atom stereocenters. The molecule has 19 heavy (non-hydrogen) atoms. The topological polar surface area (TPSA) is 44.4 Å². The lowest BCUT2D eigenvalue weighted by Crippen LogP contribution is -2.38. The van der Waals surface area contributed by atoms with Gasteiger partial charge in [-0.2, -0.15) is 0 Å². The van der Waals surface area contributed by atoms with E-state index in [4.69, 9.17) is 11.6 Å². The molecule has 0 bridgehead atoms. The lowest BCUT2D eigenvalue weighted by Gasteiger charge is -2.23. The molecular formula is C13H17ClFN3O. The number of rotatable bonds is 3. The molecule has 1 aliphatic rings. The van der Waals surface area contributed by atoms with Gasteiger partial charge < -0.3 is 4.90 Å². The first-order chi connectivity index (χ1) is 9.00. The number of carbonyl (C=O) groups is 1. The van der Waals surface area contributed by atoms with E-state index < -0.39 is 0 Å². The summed E-state index contributed by atoms with van der Waals surface area (Å²) in [6.45, 7) is 2.69. The van der Waals surface area contributed by atoms with Crippen molar-refractivity contribution in [2.24, 2.45) is 5.92 Å². The average molecular weight is 286 g/mol. The van der Waals surface area contributed by atoms with Crippen LogP contribution < -0.4 is 10.9 Å². The molecule has 2 atom stereocenters. The van der Waals surface area contributed by atoms with E-state index >= 15 is 0 Å². The maximum absolute atomic E-state index is 13.7. The minimum atomic E-state index is -0.386. The fraction of sp³-hybridized carbons (Fsp3) is 0.462. The Hall–Kier alpha value is -1.17. The van der Waals surface area contributed by atoms with Gasteiger partial charge in [0.05, 0.1) is 5.92 Å². The number of benzene rings is 1. The number of amides is 1. The molecule has 1 amide bonds. The second-order valence-corrected chi connectivity index (χ2v) is 5.22. The monoisotopic (exact) mass is 285 g/mol. The Morgan fingerprint density at radius 2 is 2.32 bits per heavy atom. The molecule has 0 aromatic heterocycles. The third-order valence-corrected chi connectivity index (χ3v) is 3.76. The highest BCUT2D eigenvalue weighted by atomic mass is 35.5. The molecular weight excluding hydrogens is 269 g/mol. The predicted octanol–water partition coefficient (Wildman–Crippen LogP) is 1.55. The Labute approximate surface area is 116 Å². The fourth-order valence-electron chi connectivity index (χ4n) is 2.19. The van der Waals surface area contributed by atoms with Gasteiger partial charge in [-0.05, 0) is 19.1 Å². The van der Waals surface area contributed by atoms with Crippen LogP contribution in [0.4, 0.5) is 4.39 Å². The number of hydrogen-bond acceptors (Lipinski definition) is 3. The van der Waals surface area contributed by atoms with Crippen LogP contribution in [-0.4, -0.2) is 30.4 Å². The summed E-state index contributed by atoms with van der Waals surface area (Å²) in [5.41, 5.74) is 6.29. The standard InChI is InChI=1S/C13H17ClFN3O/c1-8-9(6-16-17-8)13(19)18(2)7-10-11(14)4-3-5-12(10)15/h3-5,8-9,16-17H,6-7H2,1-2H3. The number of carbonyl (C=O) groups excluding carboxylic acids is 1. The van der Waals surface area contributed by atoms with Gasteiger partial charge in [0.1, 0.15) is 5.82 Å². The van der Waals surface area contributed by atoms with E-state index in [0.29, 0.717) is 17.1 Å². The van der Waals surface area contributed by atoms with Gasteiger partial charge in [-0.15, -0.1) is 0 Å². The Morgan fingerprint density at radius 3 is 2.89 bits per heavy atom. The highest BCUT2D eigenvalue weighted by Gasteiger charge is 2.31. The van der Waals surface area contributed by atoms with Crippen LogP contribution in [0, 0.1) is 11.7 Å². The zero-order valence-electron chi connectivity index (χ0n) is 10.9. The van der Waals surface area contributed by atoms with Gasteiger partial charge in [-0.3, -0.25) is 15.6 Å². The van der Waals surface area contributed by atoms with Gasteiger partial charge in [0, 0.05) is 36.8 Å². The number of hydrogen-bond donors (Lipinski definition) is 2. The average Bonchev–Trinajstić information content (AvgIpc) is 2.79. The molecule has 0 radical (unpaired) electrons. The van der Waals surface area contributed by atoms with Crippen LogP contribution in [0.1, 0.15) is 12.5 Å². The maximum atomic E-state index is 13.7. The quantitative estimate of drug-likeness (QED) is 0.886. The van der Waals surface area contributed by atoms with Gasteiger partial charge in [-0.1, -0.05) is 17.7 Å². The van der Waals surface area contributed by atoms with Crippen molar-refractivity contribution in [3.63, 3.8) is 0 Å². The zero-order chi connectivity index (χ0) is 14.0. The third-order valence-electron chi connectivity index (χ3n) is 3.41. The summed E-state index contributed by atoms with van der Waals surface area (Å²) in [4.78, 5) is 13.8. The number of halogens is 2. The molecule has 2 rings (SSSR count). The highest BCUT2D eigenvalue weighted by molar-refractivity contribution is 6.31. The van der Waals surface area contributed by atoms with Gasteiger partial charge in [0.25, 0.3) is 0 Å². The minimum absolute atomic E-state index is 0.0238. The Bertz CT molecular complexity index is 463. The van der Waals surface area contributed by atoms with Crippen molar-refractivity contribution >= 4 is 17.5 Å². The van der Waals surface area contributed by atoms with Crippen LogP contribution in [0.5, 0.6) is 0 Å². The number of hydrazine groups is 1. The summed E-state index contributed by atoms with van der Waals surface area (Å²) < 4.78 is 13.7. The first-order valence-corrected chi connectivity index (χ1v) is 6.54. The maximum Gasteiger partial charge on any atom is 0.228 e. The van der Waals surface area contributed by atoms with Crippen LogP contribution in [-0.2, 0) is 11.3 Å². The predicted molar refractivity (Wildman–Crippen MR) is 72.0 cm³/mol. The van der Waals surface area contributed by atoms with Gasteiger partial charge >= 0.3 is 0 Å². The van der Waals surface area contributed by atoms with Crippen LogP contribution in [0.2, 0.25) is 5.02 Å². The largest absolute Gasteiger partial charge is 0.341 e. The van der Waals surface area contributed by atoms with Crippen LogP contribution in [0.25, 0.3) is 0 Å². The highest BCUT2D eigenvalue weighted by Crippen LogP contribution is 2.21. The van der Waals surface area contributed by atoms with E-state index in [0.717, 1.165) is 0 Å². The molecule has 1 fully saturated rings. The molecule has 1 aromatic rings. The van der Waals surface area contributed by atoms with Crippen LogP contribution in [0.3, 0.4) is 0 Å². The van der Waals surface area contributed by atoms with Crippen molar-refractivity contribution in [1.29, 1.82) is 0 Å². The molecule has 0 saturated carbocycles. The molecule has 4 nitrogen and oxygen atoms in total. The van der Waals surface area contributed by atoms with E-state index in [1.807, 2.05) is 6.92 Å². The summed E-state index contributed by atoms with van der Waals surface area (Å²) in [6, 6.07) is 4.59. The molecule has 0 aliphatic carbocycles. The summed E-state index contributed by atoms with van der Waals surface area (Å²) in [6.07, 6.45) is 0. The first-order valence-electron chi connectivity index (χ1n) is 6.17. The third kappa shape index (κ3) is 3.05. The summed E-state index contributed by atoms with van der Waals surface area (Å²) in [5.74, 6) is -0.553. The van der Waals surface area contributed by atoms with E-state index in [1.54, 1.807) is 19.2 Å². The normalized spacial score (nSPS) is 22.5. The summed E-state index contributed by atoms with van der Waals surface area (Å²) in [7, 11) is 1.66. The number of nitrogens with one attached hydrogen (secondary N) is 2. The molecule has 1 saturated heterocycles. The minimum Gasteiger partial charge on any atom is -0.341 e. The van der Waals surface area contributed by atoms with Gasteiger partial charge in [0.2, 0.25) is 5.91 Å². The number of nitrogens with zero attached hydrogens (tertiary/aromatic N) is 1. The van der Waals surface area contributed by atoms with Crippen molar-refractivity contribution in [2.75, 3.05) is 13.6 Å². The Balaban J connectivity index is 2.08. The Kier molecular flexibility index (Phi) is 4.39. The Morgan fingerprint density at radius 1 is 1.58 bits per heavy atom. The summed E-state index contributed by atoms with van der Waals surface area (Å²) >= 11 is 5.96. The first kappa shape index (κ1) is 14.2. The van der Waals surface area contributed by atoms with Crippen LogP contribution >= 0.6 is 11.6 Å². The van der Waals surface area contributed by atoms with Crippen LogP contribution in [0.15, 0.2) is 18.2 Å². The van der Waals surface area contributed by atoms with Gasteiger partial charge in [0.15, 0.2) is 0 Å². The summed E-state index contributed by atoms with van der Waals surface area (Å²) in [5, 5.41) is 0.343. The van der Waals surface area contributed by atoms with Crippen molar-refractivity contribution in [1.82, 2.24) is 15.8 Å². The molecule has 0 spiro atoms. The van der Waals surface area contributed by atoms with Crippen molar-refractivity contribution in [2.45, 2.75) is 19.5 Å². The van der Waals surface area contributed by atoms with E-state index in [2.05, 4.69) is 10.9 Å².